The van der Waals surface area contributed by atoms with Crippen molar-refractivity contribution in [1.29, 1.82) is 0 Å². The van der Waals surface area contributed by atoms with Crippen LogP contribution in [0.2, 0.25) is 0 Å². The number of nitrogens with one attached hydrogen (secondary N) is 2. The SMILES string of the molecule is COc1cc(C(=O)NNC(=O)c2cc(C)n(-c3ccccn3)c2C)ccc1OC(C)C. The Morgan fingerprint density at radius 2 is 1.74 bits per heavy atom. The smallest absolute Gasteiger partial charge is 0.271 e. The summed E-state index contributed by atoms with van der Waals surface area (Å²) in [5.41, 5.74) is 7.27. The third-order valence-corrected chi connectivity index (χ3v) is 4.63. The molecule has 2 amide bonds. The molecule has 0 saturated carbocycles. The molecule has 8 nitrogen and oxygen atoms in total. The minimum absolute atomic E-state index is 0.0297. The minimum Gasteiger partial charge on any atom is -0.493 e. The van der Waals surface area contributed by atoms with Crippen molar-refractivity contribution < 1.29 is 19.1 Å². The maximum absolute atomic E-state index is 12.7. The molecule has 3 aromatic rings. The van der Waals surface area contributed by atoms with E-state index in [9.17, 15) is 9.59 Å². The molecule has 0 fully saturated rings. The molecule has 0 atom stereocenters. The predicted octanol–water partition coefficient (Wildman–Crippen LogP) is 3.36. The van der Waals surface area contributed by atoms with Crippen molar-refractivity contribution >= 4 is 11.8 Å². The van der Waals surface area contributed by atoms with Crippen LogP contribution >= 0.6 is 0 Å². The van der Waals surface area contributed by atoms with E-state index in [1.165, 1.54) is 7.11 Å². The van der Waals surface area contributed by atoms with Gasteiger partial charge in [-0.25, -0.2) is 4.98 Å². The summed E-state index contributed by atoms with van der Waals surface area (Å²) in [5.74, 6) is 0.805. The summed E-state index contributed by atoms with van der Waals surface area (Å²) in [5, 5.41) is 0. The number of methoxy groups -OCH3 is 1. The molecule has 1 aromatic carbocycles. The molecule has 31 heavy (non-hydrogen) atoms. The standard InChI is InChI=1S/C23H26N4O4/c1-14(2)31-19-10-9-17(13-20(19)30-5)22(28)25-26-23(29)18-12-15(3)27(16(18)4)21-8-6-7-11-24-21/h6-14H,1-5H3,(H,25,28)(H,26,29). The number of ether oxygens (including phenoxy) is 2. The first-order chi connectivity index (χ1) is 14.8. The van der Waals surface area contributed by atoms with E-state index >= 15 is 0 Å². The van der Waals surface area contributed by atoms with E-state index in [4.69, 9.17) is 9.47 Å². The van der Waals surface area contributed by atoms with Gasteiger partial charge < -0.3 is 14.0 Å². The summed E-state index contributed by atoms with van der Waals surface area (Å²) in [6, 6.07) is 12.2. The molecule has 2 N–H and O–H groups in total. The fraction of sp³-hybridized carbons (Fsp3) is 0.261. The number of pyridine rings is 1. The average Bonchev–Trinajstić information content (AvgIpc) is 3.06. The van der Waals surface area contributed by atoms with Gasteiger partial charge in [0.1, 0.15) is 5.82 Å². The molecule has 0 aliphatic rings. The Balaban J connectivity index is 1.72. The second-order valence-corrected chi connectivity index (χ2v) is 7.25. The zero-order valence-electron chi connectivity index (χ0n) is 18.2. The van der Waals surface area contributed by atoms with Gasteiger partial charge in [0.15, 0.2) is 11.5 Å². The molecular formula is C23H26N4O4. The normalized spacial score (nSPS) is 10.6. The summed E-state index contributed by atoms with van der Waals surface area (Å²) in [4.78, 5) is 29.6. The lowest BCUT2D eigenvalue weighted by Gasteiger charge is -2.14. The lowest BCUT2D eigenvalue weighted by atomic mass is 10.2. The van der Waals surface area contributed by atoms with Gasteiger partial charge in [-0.15, -0.1) is 0 Å². The zero-order chi connectivity index (χ0) is 22.5. The van der Waals surface area contributed by atoms with Crippen molar-refractivity contribution in [3.63, 3.8) is 0 Å². The van der Waals surface area contributed by atoms with Gasteiger partial charge in [-0.05, 0) is 64.1 Å². The Bertz CT molecular complexity index is 1090. The van der Waals surface area contributed by atoms with Crippen LogP contribution in [0, 0.1) is 13.8 Å². The Morgan fingerprint density at radius 1 is 1.00 bits per heavy atom. The van der Waals surface area contributed by atoms with Crippen LogP contribution in [0.15, 0.2) is 48.7 Å². The molecule has 3 rings (SSSR count). The van der Waals surface area contributed by atoms with Gasteiger partial charge in [0.05, 0.1) is 18.8 Å². The Hall–Kier alpha value is -3.81. The molecule has 2 aromatic heterocycles. The van der Waals surface area contributed by atoms with Crippen LogP contribution in [-0.2, 0) is 0 Å². The van der Waals surface area contributed by atoms with E-state index in [2.05, 4.69) is 15.8 Å². The molecule has 0 radical (unpaired) electrons. The van der Waals surface area contributed by atoms with Crippen LogP contribution in [0.3, 0.4) is 0 Å². The molecular weight excluding hydrogens is 396 g/mol. The maximum atomic E-state index is 12.7. The molecule has 0 bridgehead atoms. The molecule has 0 aliphatic heterocycles. The summed E-state index contributed by atoms with van der Waals surface area (Å²) in [7, 11) is 1.50. The number of aryl methyl sites for hydroxylation is 1. The quantitative estimate of drug-likeness (QED) is 0.594. The number of aromatic nitrogens is 2. The maximum Gasteiger partial charge on any atom is 0.271 e. The minimum atomic E-state index is -0.471. The lowest BCUT2D eigenvalue weighted by molar-refractivity contribution is 0.0846. The second-order valence-electron chi connectivity index (χ2n) is 7.25. The van der Waals surface area contributed by atoms with Gasteiger partial charge in [-0.3, -0.25) is 20.4 Å². The molecule has 0 aliphatic carbocycles. The lowest BCUT2D eigenvalue weighted by Crippen LogP contribution is -2.41. The van der Waals surface area contributed by atoms with E-state index in [0.29, 0.717) is 22.6 Å². The third-order valence-electron chi connectivity index (χ3n) is 4.63. The van der Waals surface area contributed by atoms with Crippen LogP contribution in [0.1, 0.15) is 46.0 Å². The van der Waals surface area contributed by atoms with Crippen LogP contribution in [0.5, 0.6) is 11.5 Å². The highest BCUT2D eigenvalue weighted by Crippen LogP contribution is 2.29. The van der Waals surface area contributed by atoms with E-state index in [1.54, 1.807) is 30.5 Å². The number of nitrogens with zero attached hydrogens (tertiary/aromatic N) is 2. The number of hydrogen-bond donors (Lipinski definition) is 2. The van der Waals surface area contributed by atoms with E-state index in [-0.39, 0.29) is 6.10 Å². The summed E-state index contributed by atoms with van der Waals surface area (Å²) >= 11 is 0. The number of hydrazine groups is 1. The highest BCUT2D eigenvalue weighted by atomic mass is 16.5. The van der Waals surface area contributed by atoms with Gasteiger partial charge in [0.2, 0.25) is 0 Å². The predicted molar refractivity (Wildman–Crippen MR) is 117 cm³/mol. The average molecular weight is 422 g/mol. The largest absolute Gasteiger partial charge is 0.493 e. The fourth-order valence-corrected chi connectivity index (χ4v) is 3.24. The van der Waals surface area contributed by atoms with Gasteiger partial charge in [0.25, 0.3) is 11.8 Å². The first-order valence-corrected chi connectivity index (χ1v) is 9.87. The van der Waals surface area contributed by atoms with E-state index in [1.807, 2.05) is 50.5 Å². The van der Waals surface area contributed by atoms with Gasteiger partial charge >= 0.3 is 0 Å². The van der Waals surface area contributed by atoms with Crippen LogP contribution < -0.4 is 20.3 Å². The molecule has 0 saturated heterocycles. The third kappa shape index (κ3) is 4.85. The Morgan fingerprint density at radius 3 is 2.39 bits per heavy atom. The highest BCUT2D eigenvalue weighted by molar-refractivity contribution is 6.00. The first-order valence-electron chi connectivity index (χ1n) is 9.87. The summed E-state index contributed by atoms with van der Waals surface area (Å²) < 4.78 is 12.8. The summed E-state index contributed by atoms with van der Waals surface area (Å²) in [6.45, 7) is 7.53. The van der Waals surface area contributed by atoms with Crippen LogP contribution in [0.25, 0.3) is 5.82 Å². The molecule has 0 spiro atoms. The summed E-state index contributed by atoms with van der Waals surface area (Å²) in [6.07, 6.45) is 1.66. The molecule has 8 heteroatoms. The first kappa shape index (κ1) is 21.9. The number of carbonyl (C=O) groups is 2. The van der Waals surface area contributed by atoms with Crippen molar-refractivity contribution in [2.24, 2.45) is 0 Å². The van der Waals surface area contributed by atoms with Crippen molar-refractivity contribution in [3.8, 4) is 17.3 Å². The van der Waals surface area contributed by atoms with Crippen molar-refractivity contribution in [1.82, 2.24) is 20.4 Å². The molecule has 162 valence electrons. The monoisotopic (exact) mass is 422 g/mol. The number of hydrogen-bond acceptors (Lipinski definition) is 5. The molecule has 0 unspecified atom stereocenters. The van der Waals surface area contributed by atoms with E-state index < -0.39 is 11.8 Å². The van der Waals surface area contributed by atoms with E-state index in [0.717, 1.165) is 17.2 Å². The number of carbonyl (C=O) groups excluding carboxylic acids is 2. The Labute approximate surface area is 181 Å². The second kappa shape index (κ2) is 9.34. The highest BCUT2D eigenvalue weighted by Gasteiger charge is 2.18. The van der Waals surface area contributed by atoms with Crippen LogP contribution in [-0.4, -0.2) is 34.6 Å². The van der Waals surface area contributed by atoms with Crippen molar-refractivity contribution in [3.05, 3.63) is 71.2 Å². The van der Waals surface area contributed by atoms with Crippen molar-refractivity contribution in [2.75, 3.05) is 7.11 Å². The number of amides is 2. The fourth-order valence-electron chi connectivity index (χ4n) is 3.24. The Kier molecular flexibility index (Phi) is 6.59. The molecule has 2 heterocycles. The van der Waals surface area contributed by atoms with Gasteiger partial charge in [-0.2, -0.15) is 0 Å². The van der Waals surface area contributed by atoms with Gasteiger partial charge in [0, 0.05) is 23.1 Å². The van der Waals surface area contributed by atoms with Crippen molar-refractivity contribution in [2.45, 2.75) is 33.8 Å². The number of rotatable bonds is 6. The van der Waals surface area contributed by atoms with Gasteiger partial charge in [-0.1, -0.05) is 6.07 Å². The zero-order valence-corrected chi connectivity index (χ0v) is 18.2. The number of benzene rings is 1. The topological polar surface area (TPSA) is 94.5 Å². The van der Waals surface area contributed by atoms with Crippen LogP contribution in [0.4, 0.5) is 0 Å².